The van der Waals surface area contributed by atoms with Gasteiger partial charge in [-0.05, 0) is 19.1 Å². The molecule has 86 valence electrons. The summed E-state index contributed by atoms with van der Waals surface area (Å²) in [5, 5.41) is 20.2. The molecule has 1 aromatic heterocycles. The lowest BCUT2D eigenvalue weighted by atomic mass is 10.2. The average Bonchev–Trinajstić information content (AvgIpc) is 2.28. The fourth-order valence-corrected chi connectivity index (χ4v) is 1.16. The first-order valence-corrected chi connectivity index (χ1v) is 4.71. The Morgan fingerprint density at radius 2 is 2.12 bits per heavy atom. The Bertz CT molecular complexity index is 417. The smallest absolute Gasteiger partial charge is 0.335 e. The first-order chi connectivity index (χ1) is 7.58. The lowest BCUT2D eigenvalue weighted by molar-refractivity contribution is 0.0696. The number of carbonyl (C=O) groups excluding carboxylic acids is 1. The molecule has 0 atom stereocenters. The molecule has 0 saturated heterocycles. The zero-order valence-electron chi connectivity index (χ0n) is 8.73. The quantitative estimate of drug-likeness (QED) is 0.669. The maximum atomic E-state index is 11.4. The predicted molar refractivity (Wildman–Crippen MR) is 55.1 cm³/mol. The summed E-state index contributed by atoms with van der Waals surface area (Å²) in [5.41, 5.74) is 0.0762. The van der Waals surface area contributed by atoms with Crippen LogP contribution in [0.4, 0.5) is 0 Å². The van der Waals surface area contributed by atoms with E-state index >= 15 is 0 Å². The Kier molecular flexibility index (Phi) is 3.96. The highest BCUT2D eigenvalue weighted by Gasteiger charge is 2.12. The largest absolute Gasteiger partial charge is 0.478 e. The highest BCUT2D eigenvalue weighted by atomic mass is 16.4. The zero-order chi connectivity index (χ0) is 12.1. The van der Waals surface area contributed by atoms with Gasteiger partial charge in [-0.3, -0.25) is 4.79 Å². The van der Waals surface area contributed by atoms with E-state index in [2.05, 4.69) is 10.3 Å². The van der Waals surface area contributed by atoms with Crippen molar-refractivity contribution >= 4 is 11.9 Å². The lowest BCUT2D eigenvalue weighted by Crippen LogP contribution is -2.24. The van der Waals surface area contributed by atoms with Crippen molar-refractivity contribution in [2.24, 2.45) is 0 Å². The van der Waals surface area contributed by atoms with Gasteiger partial charge in [0.1, 0.15) is 5.69 Å². The van der Waals surface area contributed by atoms with Gasteiger partial charge >= 0.3 is 5.97 Å². The molecule has 0 aromatic carbocycles. The molecule has 1 heterocycles. The van der Waals surface area contributed by atoms with Gasteiger partial charge in [0.05, 0.1) is 17.9 Å². The van der Waals surface area contributed by atoms with Crippen LogP contribution in [0, 0.1) is 0 Å². The Morgan fingerprint density at radius 1 is 1.44 bits per heavy atom. The van der Waals surface area contributed by atoms with Gasteiger partial charge in [0.25, 0.3) is 5.91 Å². The molecule has 0 fully saturated rings. The first-order valence-electron chi connectivity index (χ1n) is 4.71. The van der Waals surface area contributed by atoms with E-state index in [0.29, 0.717) is 6.54 Å². The fraction of sp³-hybridized carbons (Fsp3) is 0.300. The SMILES string of the molecule is CCNC(=O)c1cc(C(=O)O)cc(CO)n1. The van der Waals surface area contributed by atoms with Crippen LogP contribution >= 0.6 is 0 Å². The Labute approximate surface area is 91.9 Å². The third-order valence-corrected chi connectivity index (χ3v) is 1.86. The summed E-state index contributed by atoms with van der Waals surface area (Å²) in [5.74, 6) is -1.62. The molecule has 0 aliphatic heterocycles. The summed E-state index contributed by atoms with van der Waals surface area (Å²) in [6, 6.07) is 2.40. The average molecular weight is 224 g/mol. The number of carboxylic acids is 1. The highest BCUT2D eigenvalue weighted by molar-refractivity contribution is 5.95. The van der Waals surface area contributed by atoms with Crippen molar-refractivity contribution in [3.63, 3.8) is 0 Å². The minimum atomic E-state index is -1.16. The van der Waals surface area contributed by atoms with Crippen molar-refractivity contribution in [1.82, 2.24) is 10.3 Å². The molecule has 0 unspecified atom stereocenters. The second-order valence-electron chi connectivity index (χ2n) is 3.06. The monoisotopic (exact) mass is 224 g/mol. The van der Waals surface area contributed by atoms with Gasteiger partial charge < -0.3 is 15.5 Å². The number of aromatic carboxylic acids is 1. The van der Waals surface area contributed by atoms with Gasteiger partial charge in [-0.1, -0.05) is 0 Å². The summed E-state index contributed by atoms with van der Waals surface area (Å²) >= 11 is 0. The first kappa shape index (κ1) is 12.1. The Morgan fingerprint density at radius 3 is 2.62 bits per heavy atom. The van der Waals surface area contributed by atoms with E-state index < -0.39 is 18.5 Å². The lowest BCUT2D eigenvalue weighted by Gasteiger charge is -2.05. The fourth-order valence-electron chi connectivity index (χ4n) is 1.16. The van der Waals surface area contributed by atoms with E-state index in [-0.39, 0.29) is 17.0 Å². The van der Waals surface area contributed by atoms with Crippen LogP contribution in [0.1, 0.15) is 33.5 Å². The van der Waals surface area contributed by atoms with Crippen molar-refractivity contribution in [1.29, 1.82) is 0 Å². The molecule has 0 radical (unpaired) electrons. The minimum absolute atomic E-state index is 0.00852. The molecule has 1 rings (SSSR count). The second kappa shape index (κ2) is 5.22. The standard InChI is InChI=1S/C10H12N2O4/c1-2-11-9(14)8-4-6(10(15)16)3-7(5-13)12-8/h3-4,13H,2,5H2,1H3,(H,11,14)(H,15,16). The van der Waals surface area contributed by atoms with Gasteiger partial charge in [-0.25, -0.2) is 9.78 Å². The van der Waals surface area contributed by atoms with Crippen LogP contribution in [0.5, 0.6) is 0 Å². The van der Waals surface area contributed by atoms with E-state index in [1.54, 1.807) is 6.92 Å². The number of aliphatic hydroxyl groups excluding tert-OH is 1. The normalized spacial score (nSPS) is 9.88. The van der Waals surface area contributed by atoms with Crippen molar-refractivity contribution < 1.29 is 19.8 Å². The van der Waals surface area contributed by atoms with E-state index in [4.69, 9.17) is 10.2 Å². The number of hydrogen-bond donors (Lipinski definition) is 3. The van der Waals surface area contributed by atoms with Gasteiger partial charge in [-0.15, -0.1) is 0 Å². The predicted octanol–water partition coefficient (Wildman–Crippen LogP) is 0.0218. The molecule has 1 aromatic rings. The molecule has 6 nitrogen and oxygen atoms in total. The van der Waals surface area contributed by atoms with E-state index in [1.807, 2.05) is 0 Å². The van der Waals surface area contributed by atoms with Gasteiger partial charge in [0, 0.05) is 6.54 Å². The Hall–Kier alpha value is -1.95. The van der Waals surface area contributed by atoms with Crippen LogP contribution < -0.4 is 5.32 Å². The molecular formula is C10H12N2O4. The number of rotatable bonds is 4. The van der Waals surface area contributed by atoms with Gasteiger partial charge in [0.2, 0.25) is 0 Å². The molecule has 0 aliphatic carbocycles. The molecule has 3 N–H and O–H groups in total. The molecular weight excluding hydrogens is 212 g/mol. The van der Waals surface area contributed by atoms with Crippen LogP contribution in [0.25, 0.3) is 0 Å². The zero-order valence-corrected chi connectivity index (χ0v) is 8.73. The molecule has 0 bridgehead atoms. The van der Waals surface area contributed by atoms with Crippen molar-refractivity contribution in [2.45, 2.75) is 13.5 Å². The van der Waals surface area contributed by atoms with Crippen LogP contribution in [0.15, 0.2) is 12.1 Å². The van der Waals surface area contributed by atoms with Crippen LogP contribution in [0.3, 0.4) is 0 Å². The maximum absolute atomic E-state index is 11.4. The molecule has 6 heteroatoms. The number of aliphatic hydroxyl groups is 1. The summed E-state index contributed by atoms with van der Waals surface area (Å²) in [6.07, 6.45) is 0. The number of amides is 1. The van der Waals surface area contributed by atoms with Crippen LogP contribution in [-0.4, -0.2) is 33.6 Å². The number of pyridine rings is 1. The number of aromatic nitrogens is 1. The van der Waals surface area contributed by atoms with Crippen molar-refractivity contribution in [3.8, 4) is 0 Å². The summed E-state index contributed by atoms with van der Waals surface area (Å²) in [4.78, 5) is 26.0. The van der Waals surface area contributed by atoms with Crippen molar-refractivity contribution in [2.75, 3.05) is 6.54 Å². The van der Waals surface area contributed by atoms with Crippen LogP contribution in [-0.2, 0) is 6.61 Å². The number of nitrogens with zero attached hydrogens (tertiary/aromatic N) is 1. The van der Waals surface area contributed by atoms with Gasteiger partial charge in [-0.2, -0.15) is 0 Å². The summed E-state index contributed by atoms with van der Waals surface area (Å²) in [6.45, 7) is 1.76. The maximum Gasteiger partial charge on any atom is 0.335 e. The van der Waals surface area contributed by atoms with E-state index in [0.717, 1.165) is 0 Å². The van der Waals surface area contributed by atoms with Gasteiger partial charge in [0.15, 0.2) is 0 Å². The van der Waals surface area contributed by atoms with E-state index in [1.165, 1.54) is 12.1 Å². The third kappa shape index (κ3) is 2.77. The Balaban J connectivity index is 3.13. The van der Waals surface area contributed by atoms with E-state index in [9.17, 15) is 9.59 Å². The number of carbonyl (C=O) groups is 2. The number of carboxylic acid groups (broad SMARTS) is 1. The second-order valence-corrected chi connectivity index (χ2v) is 3.06. The van der Waals surface area contributed by atoms with Crippen LogP contribution in [0.2, 0.25) is 0 Å². The minimum Gasteiger partial charge on any atom is -0.478 e. The highest BCUT2D eigenvalue weighted by Crippen LogP contribution is 2.06. The number of nitrogens with one attached hydrogen (secondary N) is 1. The third-order valence-electron chi connectivity index (χ3n) is 1.86. The number of hydrogen-bond acceptors (Lipinski definition) is 4. The molecule has 0 saturated carbocycles. The molecule has 0 aliphatic rings. The van der Waals surface area contributed by atoms with Crippen molar-refractivity contribution in [3.05, 3.63) is 29.1 Å². The molecule has 0 spiro atoms. The molecule has 16 heavy (non-hydrogen) atoms. The summed E-state index contributed by atoms with van der Waals surface area (Å²) in [7, 11) is 0. The topological polar surface area (TPSA) is 99.5 Å². The summed E-state index contributed by atoms with van der Waals surface area (Å²) < 4.78 is 0. The molecule has 1 amide bonds.